The number of ketones is 1. The van der Waals surface area contributed by atoms with E-state index >= 15 is 0 Å². The molecule has 4 rings (SSSR count). The summed E-state index contributed by atoms with van der Waals surface area (Å²) in [5.41, 5.74) is 10.3. The smallest absolute Gasteiger partial charge is 0.169 e. The lowest BCUT2D eigenvalue weighted by molar-refractivity contribution is 0.0940. The molecule has 0 amide bonds. The zero-order chi connectivity index (χ0) is 22.1. The van der Waals surface area contributed by atoms with E-state index < -0.39 is 0 Å². The number of nitrogens with one attached hydrogen (secondary N) is 1. The van der Waals surface area contributed by atoms with Crippen LogP contribution in [0.3, 0.4) is 0 Å². The second-order valence-corrected chi connectivity index (χ2v) is 9.58. The molecule has 0 spiro atoms. The van der Waals surface area contributed by atoms with Crippen molar-refractivity contribution >= 4 is 45.6 Å². The van der Waals surface area contributed by atoms with E-state index in [9.17, 15) is 4.79 Å². The molecule has 0 bridgehead atoms. The van der Waals surface area contributed by atoms with Crippen LogP contribution in [0.5, 0.6) is 0 Å². The maximum Gasteiger partial charge on any atom is 0.169 e. The summed E-state index contributed by atoms with van der Waals surface area (Å²) in [6.07, 6.45) is 5.66. The topological polar surface area (TPSA) is 68.0 Å². The van der Waals surface area contributed by atoms with Crippen molar-refractivity contribution in [2.75, 3.05) is 5.32 Å². The van der Waals surface area contributed by atoms with Crippen molar-refractivity contribution in [2.24, 2.45) is 11.7 Å². The van der Waals surface area contributed by atoms with Crippen LogP contribution in [-0.2, 0) is 0 Å². The maximum atomic E-state index is 13.0. The number of carbonyl (C=O) groups excluding carboxylic acids is 1. The molecule has 3 N–H and O–H groups in total. The molecule has 1 heterocycles. The quantitative estimate of drug-likeness (QED) is 0.418. The summed E-state index contributed by atoms with van der Waals surface area (Å²) in [5.74, 6) is -0.0323. The van der Waals surface area contributed by atoms with Crippen LogP contribution in [0.1, 0.15) is 49.9 Å². The molecule has 1 aliphatic carbocycles. The lowest BCUT2D eigenvalue weighted by Gasteiger charge is -2.29. The molecule has 6 heteroatoms. The molecular formula is C25H27Cl2N3O. The fourth-order valence-corrected chi connectivity index (χ4v) is 4.74. The van der Waals surface area contributed by atoms with Gasteiger partial charge in [0.1, 0.15) is 0 Å². The van der Waals surface area contributed by atoms with E-state index in [1.165, 1.54) is 0 Å². The Bertz CT molecular complexity index is 1100. The van der Waals surface area contributed by atoms with Gasteiger partial charge in [-0.2, -0.15) is 0 Å². The minimum absolute atomic E-state index is 0.0839. The average molecular weight is 456 g/mol. The van der Waals surface area contributed by atoms with Crippen molar-refractivity contribution < 1.29 is 4.79 Å². The third kappa shape index (κ3) is 4.87. The van der Waals surface area contributed by atoms with Gasteiger partial charge in [0.2, 0.25) is 0 Å². The lowest BCUT2D eigenvalue weighted by Crippen LogP contribution is -2.33. The van der Waals surface area contributed by atoms with Crippen molar-refractivity contribution in [3.63, 3.8) is 0 Å². The van der Waals surface area contributed by atoms with E-state index in [2.05, 4.69) is 16.4 Å². The molecule has 1 aromatic heterocycles. The number of carbonyl (C=O) groups is 1. The molecule has 31 heavy (non-hydrogen) atoms. The van der Waals surface area contributed by atoms with E-state index in [0.29, 0.717) is 15.6 Å². The van der Waals surface area contributed by atoms with E-state index in [4.69, 9.17) is 28.9 Å². The monoisotopic (exact) mass is 455 g/mol. The first-order chi connectivity index (χ1) is 14.8. The largest absolute Gasteiger partial charge is 0.381 e. The molecular weight excluding hydrogens is 429 g/mol. The van der Waals surface area contributed by atoms with E-state index in [0.717, 1.165) is 53.4 Å². The SMILES string of the molecule is CC(C)C(=O)c1cnc2ccc(-c3cc(Cl)cc(Cl)c3)cc2c1NC1CCC(N)CC1. The molecule has 1 aliphatic rings. The number of halogens is 2. The van der Waals surface area contributed by atoms with E-state index in [-0.39, 0.29) is 23.8 Å². The van der Waals surface area contributed by atoms with Crippen LogP contribution in [0.2, 0.25) is 10.0 Å². The number of fused-ring (bicyclic) bond motifs is 1. The van der Waals surface area contributed by atoms with Crippen LogP contribution in [0.25, 0.3) is 22.0 Å². The van der Waals surface area contributed by atoms with Gasteiger partial charge in [-0.15, -0.1) is 0 Å². The maximum absolute atomic E-state index is 13.0. The summed E-state index contributed by atoms with van der Waals surface area (Å²) in [6, 6.07) is 12.1. The zero-order valence-corrected chi connectivity index (χ0v) is 19.3. The third-order valence-electron chi connectivity index (χ3n) is 5.97. The molecule has 1 fully saturated rings. The fourth-order valence-electron chi connectivity index (χ4n) is 4.21. The molecule has 4 nitrogen and oxygen atoms in total. The lowest BCUT2D eigenvalue weighted by atomic mass is 9.90. The highest BCUT2D eigenvalue weighted by Gasteiger charge is 2.23. The van der Waals surface area contributed by atoms with E-state index in [1.54, 1.807) is 12.3 Å². The van der Waals surface area contributed by atoms with Crippen molar-refractivity contribution in [2.45, 2.75) is 51.6 Å². The minimum Gasteiger partial charge on any atom is -0.381 e. The Morgan fingerprint density at radius 1 is 1.03 bits per heavy atom. The summed E-state index contributed by atoms with van der Waals surface area (Å²) < 4.78 is 0. The highest BCUT2D eigenvalue weighted by Crippen LogP contribution is 2.35. The summed E-state index contributed by atoms with van der Waals surface area (Å²) in [6.45, 7) is 3.83. The Balaban J connectivity index is 1.84. The van der Waals surface area contributed by atoms with Gasteiger partial charge in [0.25, 0.3) is 0 Å². The van der Waals surface area contributed by atoms with Crippen molar-refractivity contribution in [1.29, 1.82) is 0 Å². The first kappa shape index (κ1) is 22.1. The number of aromatic nitrogens is 1. The van der Waals surface area contributed by atoms with Crippen LogP contribution in [0, 0.1) is 5.92 Å². The molecule has 2 aromatic carbocycles. The minimum atomic E-state index is -0.116. The van der Waals surface area contributed by atoms with Crippen molar-refractivity contribution in [3.8, 4) is 11.1 Å². The Labute approximate surface area is 193 Å². The van der Waals surface area contributed by atoms with Gasteiger partial charge in [0.05, 0.1) is 16.8 Å². The molecule has 0 unspecified atom stereocenters. The molecule has 1 saturated carbocycles. The van der Waals surface area contributed by atoms with E-state index in [1.807, 2.05) is 38.1 Å². The van der Waals surface area contributed by atoms with Gasteiger partial charge < -0.3 is 11.1 Å². The standard InChI is InChI=1S/C25H27Cl2N3O/c1-14(2)25(31)22-13-29-23-8-3-15(16-9-17(26)12-18(27)10-16)11-21(23)24(22)30-20-6-4-19(28)5-7-20/h3,8-14,19-20H,4-7,28H2,1-2H3,(H,29,30). The highest BCUT2D eigenvalue weighted by atomic mass is 35.5. The average Bonchev–Trinajstić information content (AvgIpc) is 2.74. The first-order valence-electron chi connectivity index (χ1n) is 10.8. The number of anilines is 1. The third-order valence-corrected chi connectivity index (χ3v) is 6.41. The number of nitrogens with zero attached hydrogens (tertiary/aromatic N) is 1. The second kappa shape index (κ2) is 9.15. The van der Waals surface area contributed by atoms with Gasteiger partial charge in [0, 0.05) is 39.6 Å². The molecule has 162 valence electrons. The van der Waals surface area contributed by atoms with Crippen molar-refractivity contribution in [3.05, 3.63) is 58.2 Å². The number of Topliss-reactive ketones (excluding diaryl/α,β-unsaturated/α-hetero) is 1. The highest BCUT2D eigenvalue weighted by molar-refractivity contribution is 6.35. The summed E-state index contributed by atoms with van der Waals surface area (Å²) in [5, 5.41) is 5.78. The number of nitrogens with two attached hydrogens (primary N) is 1. The van der Waals surface area contributed by atoms with Gasteiger partial charge in [-0.05, 0) is 67.1 Å². The Morgan fingerprint density at radius 3 is 2.35 bits per heavy atom. The van der Waals surface area contributed by atoms with Gasteiger partial charge in [0.15, 0.2) is 5.78 Å². The first-order valence-corrected chi connectivity index (χ1v) is 11.5. The van der Waals surface area contributed by atoms with Crippen LogP contribution in [0.15, 0.2) is 42.6 Å². The molecule has 0 saturated heterocycles. The van der Waals surface area contributed by atoms with Gasteiger partial charge in [-0.25, -0.2) is 0 Å². The molecule has 0 radical (unpaired) electrons. The number of benzene rings is 2. The predicted molar refractivity (Wildman–Crippen MR) is 130 cm³/mol. The second-order valence-electron chi connectivity index (χ2n) is 8.71. The number of pyridine rings is 1. The number of rotatable bonds is 5. The number of hydrogen-bond donors (Lipinski definition) is 2. The zero-order valence-electron chi connectivity index (χ0n) is 17.8. The molecule has 3 aromatic rings. The molecule has 0 atom stereocenters. The van der Waals surface area contributed by atoms with Gasteiger partial charge in [-0.1, -0.05) is 43.1 Å². The van der Waals surface area contributed by atoms with Crippen LogP contribution in [0.4, 0.5) is 5.69 Å². The van der Waals surface area contributed by atoms with Gasteiger partial charge >= 0.3 is 0 Å². The normalized spacial score (nSPS) is 19.0. The van der Waals surface area contributed by atoms with Crippen LogP contribution in [-0.4, -0.2) is 22.9 Å². The summed E-state index contributed by atoms with van der Waals surface area (Å²) in [7, 11) is 0. The Kier molecular flexibility index (Phi) is 6.52. The van der Waals surface area contributed by atoms with Crippen LogP contribution < -0.4 is 11.1 Å². The number of hydrogen-bond acceptors (Lipinski definition) is 4. The van der Waals surface area contributed by atoms with Crippen molar-refractivity contribution in [1.82, 2.24) is 4.98 Å². The predicted octanol–water partition coefficient (Wildman–Crippen LogP) is 6.73. The summed E-state index contributed by atoms with van der Waals surface area (Å²) >= 11 is 12.5. The summed E-state index contributed by atoms with van der Waals surface area (Å²) in [4.78, 5) is 17.6. The Hall–Kier alpha value is -2.14. The molecule has 0 aliphatic heterocycles. The Morgan fingerprint density at radius 2 is 1.71 bits per heavy atom. The fraction of sp³-hybridized carbons (Fsp3) is 0.360. The van der Waals surface area contributed by atoms with Crippen LogP contribution >= 0.6 is 23.2 Å². The van der Waals surface area contributed by atoms with Gasteiger partial charge in [-0.3, -0.25) is 9.78 Å².